The van der Waals surface area contributed by atoms with Crippen LogP contribution in [0.5, 0.6) is 0 Å². The number of rotatable bonds is 8. The summed E-state index contributed by atoms with van der Waals surface area (Å²) in [5.41, 5.74) is 0. The van der Waals surface area contributed by atoms with E-state index in [0.29, 0.717) is 17.9 Å². The summed E-state index contributed by atoms with van der Waals surface area (Å²) in [5.74, 6) is 1.01. The molecule has 0 aliphatic heterocycles. The number of nitrogens with one attached hydrogen (secondary N) is 1. The Hall–Kier alpha value is -0.0900. The van der Waals surface area contributed by atoms with Crippen molar-refractivity contribution in [2.24, 2.45) is 5.92 Å². The second-order valence-corrected chi connectivity index (χ2v) is 6.18. The van der Waals surface area contributed by atoms with Crippen LogP contribution < -0.4 is 5.32 Å². The Morgan fingerprint density at radius 3 is 2.82 bits per heavy atom. The van der Waals surface area contributed by atoms with Crippen molar-refractivity contribution in [1.82, 2.24) is 5.32 Å². The number of alkyl halides is 1. The van der Waals surface area contributed by atoms with Crippen molar-refractivity contribution in [3.05, 3.63) is 0 Å². The van der Waals surface area contributed by atoms with E-state index in [1.54, 1.807) is 7.11 Å². The van der Waals surface area contributed by atoms with Gasteiger partial charge in [0, 0.05) is 24.9 Å². The molecule has 1 unspecified atom stereocenters. The maximum Gasteiger partial charge on any atom is 0.220 e. The van der Waals surface area contributed by atoms with Gasteiger partial charge in [0.05, 0.1) is 6.61 Å². The first-order valence-electron chi connectivity index (χ1n) is 6.62. The third-order valence-corrected chi connectivity index (χ3v) is 4.10. The van der Waals surface area contributed by atoms with Gasteiger partial charge in [0.25, 0.3) is 0 Å². The second kappa shape index (κ2) is 8.92. The molecule has 0 radical (unpaired) electrons. The molecule has 1 amide bonds. The molecule has 1 atom stereocenters. The number of amides is 1. The molecule has 17 heavy (non-hydrogen) atoms. The maximum atomic E-state index is 11.6. The van der Waals surface area contributed by atoms with Gasteiger partial charge < -0.3 is 10.1 Å². The number of carbonyl (C=O) groups is 1. The molecule has 0 spiro atoms. The van der Waals surface area contributed by atoms with Gasteiger partial charge >= 0.3 is 0 Å². The van der Waals surface area contributed by atoms with E-state index in [1.807, 2.05) is 0 Å². The Bertz CT molecular complexity index is 217. The quantitative estimate of drug-likeness (QED) is 0.700. The van der Waals surface area contributed by atoms with Crippen LogP contribution in [-0.2, 0) is 9.53 Å². The van der Waals surface area contributed by atoms with Crippen molar-refractivity contribution in [1.29, 1.82) is 0 Å². The van der Waals surface area contributed by atoms with Crippen LogP contribution in [0.2, 0.25) is 0 Å². The Morgan fingerprint density at radius 2 is 2.18 bits per heavy atom. The smallest absolute Gasteiger partial charge is 0.220 e. The highest BCUT2D eigenvalue weighted by atomic mass is 79.9. The SMILES string of the molecule is COCC(Br)CCNC(=O)CCC1CCCC1. The number of ether oxygens (including phenoxy) is 1. The largest absolute Gasteiger partial charge is 0.384 e. The average Bonchev–Trinajstić information content (AvgIpc) is 2.79. The Balaban J connectivity index is 1.97. The molecule has 0 heterocycles. The van der Waals surface area contributed by atoms with Gasteiger partial charge in [0.2, 0.25) is 5.91 Å². The number of methoxy groups -OCH3 is 1. The molecule has 1 N–H and O–H groups in total. The molecule has 1 aliphatic rings. The van der Waals surface area contributed by atoms with E-state index in [4.69, 9.17) is 4.74 Å². The molecule has 4 heteroatoms. The molecule has 1 rings (SSSR count). The van der Waals surface area contributed by atoms with Gasteiger partial charge in [-0.05, 0) is 18.8 Å². The molecule has 1 aliphatic carbocycles. The van der Waals surface area contributed by atoms with E-state index < -0.39 is 0 Å². The first-order chi connectivity index (χ1) is 8.22. The van der Waals surface area contributed by atoms with Crippen molar-refractivity contribution in [2.75, 3.05) is 20.3 Å². The van der Waals surface area contributed by atoms with E-state index in [-0.39, 0.29) is 5.91 Å². The van der Waals surface area contributed by atoms with E-state index in [0.717, 1.165) is 25.3 Å². The van der Waals surface area contributed by atoms with Crippen LogP contribution in [0, 0.1) is 5.92 Å². The minimum atomic E-state index is 0.203. The second-order valence-electron chi connectivity index (χ2n) is 4.88. The summed E-state index contributed by atoms with van der Waals surface area (Å²) in [6.07, 6.45) is 8.05. The Kier molecular flexibility index (Phi) is 7.86. The van der Waals surface area contributed by atoms with Crippen molar-refractivity contribution in [3.8, 4) is 0 Å². The predicted octanol–water partition coefficient (Wildman–Crippen LogP) is 2.87. The Morgan fingerprint density at radius 1 is 1.47 bits per heavy atom. The Labute approximate surface area is 113 Å². The van der Waals surface area contributed by atoms with Crippen LogP contribution >= 0.6 is 15.9 Å². The minimum absolute atomic E-state index is 0.203. The van der Waals surface area contributed by atoms with Crippen molar-refractivity contribution in [3.63, 3.8) is 0 Å². The number of carbonyl (C=O) groups excluding carboxylic acids is 1. The molecule has 3 nitrogen and oxygen atoms in total. The molecule has 1 fully saturated rings. The monoisotopic (exact) mass is 305 g/mol. The summed E-state index contributed by atoms with van der Waals surface area (Å²) in [6.45, 7) is 1.43. The van der Waals surface area contributed by atoms with Gasteiger partial charge in [0.15, 0.2) is 0 Å². The van der Waals surface area contributed by atoms with Crippen LogP contribution in [0.25, 0.3) is 0 Å². The lowest BCUT2D eigenvalue weighted by Gasteiger charge is -2.11. The summed E-state index contributed by atoms with van der Waals surface area (Å²) in [4.78, 5) is 11.9. The van der Waals surface area contributed by atoms with E-state index >= 15 is 0 Å². The van der Waals surface area contributed by atoms with Crippen molar-refractivity contribution < 1.29 is 9.53 Å². The summed E-state index contributed by atoms with van der Waals surface area (Å²) in [6, 6.07) is 0. The van der Waals surface area contributed by atoms with Crippen molar-refractivity contribution >= 4 is 21.8 Å². The number of hydrogen-bond donors (Lipinski definition) is 1. The highest BCUT2D eigenvalue weighted by molar-refractivity contribution is 9.09. The zero-order valence-electron chi connectivity index (χ0n) is 10.7. The molecule has 0 aromatic rings. The summed E-state index contributed by atoms with van der Waals surface area (Å²) >= 11 is 3.50. The summed E-state index contributed by atoms with van der Waals surface area (Å²) < 4.78 is 5.02. The third kappa shape index (κ3) is 7.04. The van der Waals surface area contributed by atoms with Gasteiger partial charge in [-0.2, -0.15) is 0 Å². The van der Waals surface area contributed by atoms with E-state index in [9.17, 15) is 4.79 Å². The third-order valence-electron chi connectivity index (χ3n) is 3.38. The van der Waals surface area contributed by atoms with Gasteiger partial charge in [-0.3, -0.25) is 4.79 Å². The topological polar surface area (TPSA) is 38.3 Å². The molecular formula is C13H24BrNO2. The molecule has 0 aromatic heterocycles. The maximum absolute atomic E-state index is 11.6. The summed E-state index contributed by atoms with van der Waals surface area (Å²) in [7, 11) is 1.69. The van der Waals surface area contributed by atoms with Crippen molar-refractivity contribution in [2.45, 2.75) is 49.8 Å². The average molecular weight is 306 g/mol. The fraction of sp³-hybridized carbons (Fsp3) is 0.923. The fourth-order valence-electron chi connectivity index (χ4n) is 2.36. The van der Waals surface area contributed by atoms with Crippen LogP contribution in [0.1, 0.15) is 44.9 Å². The van der Waals surface area contributed by atoms with Crippen LogP contribution in [0.3, 0.4) is 0 Å². The van der Waals surface area contributed by atoms with Gasteiger partial charge in [0.1, 0.15) is 0 Å². The van der Waals surface area contributed by atoms with Crippen LogP contribution in [0.4, 0.5) is 0 Å². The molecule has 1 saturated carbocycles. The first kappa shape index (κ1) is 15.0. The normalized spacial score (nSPS) is 18.2. The molecule has 100 valence electrons. The highest BCUT2D eigenvalue weighted by Crippen LogP contribution is 2.28. The standard InChI is InChI=1S/C13H24BrNO2/c1-17-10-12(14)8-9-15-13(16)7-6-11-4-2-3-5-11/h11-12H,2-10H2,1H3,(H,15,16). The van der Waals surface area contributed by atoms with E-state index in [2.05, 4.69) is 21.2 Å². The molecule has 0 bridgehead atoms. The minimum Gasteiger partial charge on any atom is -0.384 e. The zero-order chi connectivity index (χ0) is 12.5. The van der Waals surface area contributed by atoms with Crippen LogP contribution in [0.15, 0.2) is 0 Å². The van der Waals surface area contributed by atoms with Gasteiger partial charge in [-0.1, -0.05) is 41.6 Å². The van der Waals surface area contributed by atoms with Crippen LogP contribution in [-0.4, -0.2) is 31.0 Å². The lowest BCUT2D eigenvalue weighted by atomic mass is 10.0. The summed E-state index contributed by atoms with van der Waals surface area (Å²) in [5, 5.41) is 2.97. The lowest BCUT2D eigenvalue weighted by molar-refractivity contribution is -0.121. The predicted molar refractivity (Wildman–Crippen MR) is 73.4 cm³/mol. The fourth-order valence-corrected chi connectivity index (χ4v) is 2.85. The highest BCUT2D eigenvalue weighted by Gasteiger charge is 2.16. The van der Waals surface area contributed by atoms with Gasteiger partial charge in [-0.25, -0.2) is 0 Å². The lowest BCUT2D eigenvalue weighted by Crippen LogP contribution is -2.27. The number of hydrogen-bond acceptors (Lipinski definition) is 2. The molecule has 0 aromatic carbocycles. The number of halogens is 1. The van der Waals surface area contributed by atoms with E-state index in [1.165, 1.54) is 25.7 Å². The van der Waals surface area contributed by atoms with Gasteiger partial charge in [-0.15, -0.1) is 0 Å². The zero-order valence-corrected chi connectivity index (χ0v) is 12.3. The molecular weight excluding hydrogens is 282 g/mol. The molecule has 0 saturated heterocycles. The first-order valence-corrected chi connectivity index (χ1v) is 7.53.